The number of benzene rings is 2. The van der Waals surface area contributed by atoms with Gasteiger partial charge in [-0.1, -0.05) is 55.1 Å². The fourth-order valence-corrected chi connectivity index (χ4v) is 3.67. The molecule has 6 nitrogen and oxygen atoms in total. The summed E-state index contributed by atoms with van der Waals surface area (Å²) in [5, 5.41) is 0. The van der Waals surface area contributed by atoms with E-state index in [1.807, 2.05) is 30.3 Å². The third-order valence-corrected chi connectivity index (χ3v) is 5.23. The molecule has 31 heavy (non-hydrogen) atoms. The van der Waals surface area contributed by atoms with E-state index in [0.29, 0.717) is 19.5 Å². The fraction of sp³-hybridized carbons (Fsp3) is 0.333. The summed E-state index contributed by atoms with van der Waals surface area (Å²) in [7, 11) is 0. The number of likely N-dealkylation sites (tertiary alicyclic amines) is 1. The smallest absolute Gasteiger partial charge is 0.445 e. The van der Waals surface area contributed by atoms with Crippen molar-refractivity contribution in [2.45, 2.75) is 18.9 Å². The van der Waals surface area contributed by atoms with Gasteiger partial charge in [0, 0.05) is 19.0 Å². The standard InChI is InChI=1S/C24H26FNO5/c1-2-14-29-24(28)31-17-20-15-26(23(27)30-16-18-6-4-3-5-7-18)13-12-22(20)19-8-10-21(25)11-9-19/h2-11,20,22H,1,12-17H2/t20-,22-/m1/s1. The van der Waals surface area contributed by atoms with Crippen LogP contribution in [0.1, 0.15) is 23.5 Å². The number of ether oxygens (including phenoxy) is 3. The van der Waals surface area contributed by atoms with Crippen LogP contribution in [0.2, 0.25) is 0 Å². The Morgan fingerprint density at radius 3 is 2.52 bits per heavy atom. The van der Waals surface area contributed by atoms with Gasteiger partial charge in [-0.15, -0.1) is 0 Å². The Balaban J connectivity index is 1.64. The van der Waals surface area contributed by atoms with E-state index in [4.69, 9.17) is 14.2 Å². The van der Waals surface area contributed by atoms with Gasteiger partial charge in [0.15, 0.2) is 0 Å². The first-order valence-corrected chi connectivity index (χ1v) is 10.2. The van der Waals surface area contributed by atoms with Gasteiger partial charge in [0.05, 0.1) is 0 Å². The molecule has 1 aliphatic rings. The average Bonchev–Trinajstić information content (AvgIpc) is 2.81. The van der Waals surface area contributed by atoms with Crippen molar-refractivity contribution in [3.05, 3.63) is 84.2 Å². The van der Waals surface area contributed by atoms with Gasteiger partial charge >= 0.3 is 12.2 Å². The predicted molar refractivity (Wildman–Crippen MR) is 113 cm³/mol. The molecule has 0 aliphatic carbocycles. The van der Waals surface area contributed by atoms with Gasteiger partial charge in [-0.05, 0) is 35.6 Å². The highest BCUT2D eigenvalue weighted by atomic mass is 19.1. The van der Waals surface area contributed by atoms with Gasteiger partial charge in [0.1, 0.15) is 25.6 Å². The van der Waals surface area contributed by atoms with E-state index in [0.717, 1.165) is 11.1 Å². The molecule has 0 radical (unpaired) electrons. The quantitative estimate of drug-likeness (QED) is 0.464. The third-order valence-electron chi connectivity index (χ3n) is 5.23. The number of amides is 1. The Kier molecular flexibility index (Phi) is 8.04. The second-order valence-corrected chi connectivity index (χ2v) is 7.35. The molecule has 0 saturated carbocycles. The Morgan fingerprint density at radius 2 is 1.81 bits per heavy atom. The number of carbonyl (C=O) groups is 2. The monoisotopic (exact) mass is 427 g/mol. The summed E-state index contributed by atoms with van der Waals surface area (Å²) in [4.78, 5) is 26.0. The Morgan fingerprint density at radius 1 is 1.06 bits per heavy atom. The van der Waals surface area contributed by atoms with Crippen molar-refractivity contribution in [2.75, 3.05) is 26.3 Å². The van der Waals surface area contributed by atoms with E-state index in [2.05, 4.69) is 6.58 Å². The summed E-state index contributed by atoms with van der Waals surface area (Å²) in [6, 6.07) is 15.7. The lowest BCUT2D eigenvalue weighted by Crippen LogP contribution is -2.45. The number of halogens is 1. The van der Waals surface area contributed by atoms with E-state index in [-0.39, 0.29) is 37.5 Å². The molecule has 0 unspecified atom stereocenters. The van der Waals surface area contributed by atoms with Crippen LogP contribution in [0, 0.1) is 11.7 Å². The van der Waals surface area contributed by atoms with Crippen molar-refractivity contribution >= 4 is 12.2 Å². The molecule has 1 saturated heterocycles. The molecule has 0 aromatic heterocycles. The van der Waals surface area contributed by atoms with Crippen molar-refractivity contribution in [2.24, 2.45) is 5.92 Å². The van der Waals surface area contributed by atoms with Crippen molar-refractivity contribution in [1.82, 2.24) is 4.90 Å². The van der Waals surface area contributed by atoms with E-state index < -0.39 is 12.2 Å². The Labute approximate surface area is 181 Å². The van der Waals surface area contributed by atoms with Crippen LogP contribution in [0.25, 0.3) is 0 Å². The molecule has 7 heteroatoms. The van der Waals surface area contributed by atoms with Crippen LogP contribution in [0.4, 0.5) is 14.0 Å². The largest absolute Gasteiger partial charge is 0.508 e. The predicted octanol–water partition coefficient (Wildman–Crippen LogP) is 4.91. The minimum absolute atomic E-state index is 0.00553. The van der Waals surface area contributed by atoms with Crippen LogP contribution in [0.5, 0.6) is 0 Å². The molecule has 2 aromatic rings. The summed E-state index contributed by atoms with van der Waals surface area (Å²) in [5.74, 6) is -0.489. The molecule has 0 N–H and O–H groups in total. The van der Waals surface area contributed by atoms with Gasteiger partial charge in [-0.2, -0.15) is 0 Å². The van der Waals surface area contributed by atoms with Gasteiger partial charge in [-0.25, -0.2) is 14.0 Å². The van der Waals surface area contributed by atoms with Crippen LogP contribution >= 0.6 is 0 Å². The molecule has 1 heterocycles. The zero-order valence-corrected chi connectivity index (χ0v) is 17.2. The van der Waals surface area contributed by atoms with Crippen molar-refractivity contribution in [1.29, 1.82) is 0 Å². The first kappa shape index (κ1) is 22.3. The number of carbonyl (C=O) groups excluding carboxylic acids is 2. The first-order chi connectivity index (χ1) is 15.1. The SMILES string of the molecule is C=CCOC(=O)OC[C@H]1CN(C(=O)OCc2ccccc2)CC[C@@H]1c1ccc(F)cc1. The van der Waals surface area contributed by atoms with E-state index >= 15 is 0 Å². The van der Waals surface area contributed by atoms with Crippen LogP contribution in [0.3, 0.4) is 0 Å². The maximum atomic E-state index is 13.4. The Hall–Kier alpha value is -3.35. The molecule has 0 spiro atoms. The van der Waals surface area contributed by atoms with Crippen molar-refractivity contribution in [3.63, 3.8) is 0 Å². The number of hydrogen-bond donors (Lipinski definition) is 0. The molecular weight excluding hydrogens is 401 g/mol. The lowest BCUT2D eigenvalue weighted by Gasteiger charge is -2.38. The molecule has 1 aliphatic heterocycles. The van der Waals surface area contributed by atoms with Crippen LogP contribution in [-0.2, 0) is 20.8 Å². The van der Waals surface area contributed by atoms with E-state index in [1.165, 1.54) is 18.2 Å². The molecule has 2 atom stereocenters. The molecular formula is C24H26FNO5. The normalized spacial score (nSPS) is 18.2. The first-order valence-electron chi connectivity index (χ1n) is 10.2. The summed E-state index contributed by atoms with van der Waals surface area (Å²) in [6.45, 7) is 4.65. The highest BCUT2D eigenvalue weighted by Crippen LogP contribution is 2.34. The second-order valence-electron chi connectivity index (χ2n) is 7.35. The number of hydrogen-bond acceptors (Lipinski definition) is 5. The lowest BCUT2D eigenvalue weighted by molar-refractivity contribution is 0.0275. The van der Waals surface area contributed by atoms with Crippen LogP contribution in [-0.4, -0.2) is 43.5 Å². The molecule has 1 fully saturated rings. The minimum Gasteiger partial charge on any atom is -0.445 e. The number of rotatable bonds is 7. The summed E-state index contributed by atoms with van der Waals surface area (Å²) >= 11 is 0. The molecule has 2 aromatic carbocycles. The third kappa shape index (κ3) is 6.57. The summed E-state index contributed by atoms with van der Waals surface area (Å²) in [6.07, 6.45) is 0.886. The second kappa shape index (κ2) is 11.2. The minimum atomic E-state index is -0.790. The zero-order valence-electron chi connectivity index (χ0n) is 17.2. The fourth-order valence-electron chi connectivity index (χ4n) is 3.67. The van der Waals surface area contributed by atoms with Crippen molar-refractivity contribution in [3.8, 4) is 0 Å². The molecule has 164 valence electrons. The van der Waals surface area contributed by atoms with Crippen LogP contribution in [0.15, 0.2) is 67.3 Å². The molecule has 1 amide bonds. The number of nitrogens with zero attached hydrogens (tertiary/aromatic N) is 1. The summed E-state index contributed by atoms with van der Waals surface area (Å²) in [5.41, 5.74) is 1.84. The maximum absolute atomic E-state index is 13.4. The van der Waals surface area contributed by atoms with E-state index in [1.54, 1.807) is 17.0 Å². The average molecular weight is 427 g/mol. The van der Waals surface area contributed by atoms with Gasteiger partial charge in [0.2, 0.25) is 0 Å². The Bertz CT molecular complexity index is 871. The highest BCUT2D eigenvalue weighted by Gasteiger charge is 2.34. The summed E-state index contributed by atoms with van der Waals surface area (Å²) < 4.78 is 28.9. The molecule has 0 bridgehead atoms. The lowest BCUT2D eigenvalue weighted by atomic mass is 9.81. The van der Waals surface area contributed by atoms with Crippen molar-refractivity contribution < 1.29 is 28.2 Å². The van der Waals surface area contributed by atoms with Gasteiger partial charge in [0.25, 0.3) is 0 Å². The van der Waals surface area contributed by atoms with Gasteiger partial charge in [-0.3, -0.25) is 0 Å². The highest BCUT2D eigenvalue weighted by molar-refractivity contribution is 5.68. The van der Waals surface area contributed by atoms with E-state index in [9.17, 15) is 14.0 Å². The maximum Gasteiger partial charge on any atom is 0.508 e. The van der Waals surface area contributed by atoms with Crippen LogP contribution < -0.4 is 0 Å². The topological polar surface area (TPSA) is 65.1 Å². The number of piperidine rings is 1. The molecule has 3 rings (SSSR count). The van der Waals surface area contributed by atoms with Gasteiger partial charge < -0.3 is 19.1 Å². The zero-order chi connectivity index (χ0) is 22.1.